The molecule has 0 aliphatic carbocycles. The number of nitrogens with one attached hydrogen (secondary N) is 1. The van der Waals surface area contributed by atoms with E-state index < -0.39 is 0 Å². The Bertz CT molecular complexity index is 349. The first-order chi connectivity index (χ1) is 6.43. The van der Waals surface area contributed by atoms with Crippen LogP contribution in [-0.2, 0) is 10.2 Å². The van der Waals surface area contributed by atoms with Crippen molar-refractivity contribution in [2.45, 2.75) is 26.2 Å². The maximum Gasteiger partial charge on any atom is 0.249 e. The van der Waals surface area contributed by atoms with Crippen molar-refractivity contribution in [2.24, 2.45) is 0 Å². The average Bonchev–Trinajstić information content (AvgIpc) is 2.51. The number of nitrogens with zero attached hydrogens (tertiary/aromatic N) is 1. The molecule has 1 aromatic heterocycles. The summed E-state index contributed by atoms with van der Waals surface area (Å²) in [4.78, 5) is 15.3. The fraction of sp³-hybridized carbons (Fsp3) is 0.400. The second kappa shape index (κ2) is 3.92. The molecule has 0 saturated carbocycles. The van der Waals surface area contributed by atoms with Crippen molar-refractivity contribution < 1.29 is 4.79 Å². The van der Waals surface area contributed by atoms with Gasteiger partial charge in [0.25, 0.3) is 0 Å². The Hall–Kier alpha value is -1.16. The van der Waals surface area contributed by atoms with Crippen molar-refractivity contribution in [1.82, 2.24) is 4.98 Å². The summed E-state index contributed by atoms with van der Waals surface area (Å²) >= 11 is 1.43. The van der Waals surface area contributed by atoms with E-state index in [0.29, 0.717) is 5.13 Å². The highest BCUT2D eigenvalue weighted by Crippen LogP contribution is 2.26. The number of rotatable bonds is 2. The Kier molecular flexibility index (Phi) is 3.06. The van der Waals surface area contributed by atoms with Gasteiger partial charge < -0.3 is 0 Å². The molecule has 3 nitrogen and oxygen atoms in total. The van der Waals surface area contributed by atoms with E-state index in [1.165, 1.54) is 17.4 Å². The van der Waals surface area contributed by atoms with Crippen molar-refractivity contribution in [3.63, 3.8) is 0 Å². The van der Waals surface area contributed by atoms with Gasteiger partial charge in [0.05, 0.1) is 5.69 Å². The van der Waals surface area contributed by atoms with E-state index in [-0.39, 0.29) is 11.3 Å². The number of aromatic nitrogens is 1. The van der Waals surface area contributed by atoms with Gasteiger partial charge in [0.15, 0.2) is 5.13 Å². The van der Waals surface area contributed by atoms with Crippen LogP contribution in [0, 0.1) is 0 Å². The maximum atomic E-state index is 11.0. The lowest BCUT2D eigenvalue weighted by molar-refractivity contribution is -0.111. The quantitative estimate of drug-likeness (QED) is 0.762. The Morgan fingerprint density at radius 2 is 2.29 bits per heavy atom. The zero-order valence-corrected chi connectivity index (χ0v) is 9.44. The molecule has 0 atom stereocenters. The van der Waals surface area contributed by atoms with Gasteiger partial charge in [-0.25, -0.2) is 4.98 Å². The summed E-state index contributed by atoms with van der Waals surface area (Å²) in [6.07, 6.45) is 1.23. The van der Waals surface area contributed by atoms with E-state index in [0.717, 1.165) is 5.69 Å². The Morgan fingerprint density at radius 3 is 2.71 bits per heavy atom. The van der Waals surface area contributed by atoms with Gasteiger partial charge in [-0.15, -0.1) is 11.3 Å². The van der Waals surface area contributed by atoms with E-state index in [1.807, 2.05) is 5.38 Å². The molecule has 0 aliphatic rings. The summed E-state index contributed by atoms with van der Waals surface area (Å²) in [6, 6.07) is 0. The highest BCUT2D eigenvalue weighted by Gasteiger charge is 2.17. The lowest BCUT2D eigenvalue weighted by Gasteiger charge is -2.14. The van der Waals surface area contributed by atoms with Gasteiger partial charge in [-0.05, 0) is 6.08 Å². The summed E-state index contributed by atoms with van der Waals surface area (Å²) in [5.74, 6) is -0.222. The van der Waals surface area contributed by atoms with Crippen LogP contribution in [0.1, 0.15) is 26.5 Å². The summed E-state index contributed by atoms with van der Waals surface area (Å²) < 4.78 is 0. The molecule has 76 valence electrons. The first-order valence-corrected chi connectivity index (χ1v) is 5.21. The highest BCUT2D eigenvalue weighted by molar-refractivity contribution is 7.14. The van der Waals surface area contributed by atoms with Crippen LogP contribution < -0.4 is 5.32 Å². The lowest BCUT2D eigenvalue weighted by atomic mass is 9.93. The number of amides is 1. The molecule has 1 rings (SSSR count). The molecule has 0 radical (unpaired) electrons. The molecule has 0 aromatic carbocycles. The average molecular weight is 210 g/mol. The third-order valence-corrected chi connectivity index (χ3v) is 2.45. The lowest BCUT2D eigenvalue weighted by Crippen LogP contribution is -2.12. The number of carbonyl (C=O) groups is 1. The summed E-state index contributed by atoms with van der Waals surface area (Å²) in [5.41, 5.74) is 1.01. The van der Waals surface area contributed by atoms with Gasteiger partial charge in [0.1, 0.15) is 0 Å². The second-order valence-electron chi connectivity index (χ2n) is 3.98. The fourth-order valence-electron chi connectivity index (χ4n) is 0.832. The number of hydrogen-bond acceptors (Lipinski definition) is 3. The van der Waals surface area contributed by atoms with Crippen molar-refractivity contribution >= 4 is 22.4 Å². The van der Waals surface area contributed by atoms with Crippen LogP contribution in [0.25, 0.3) is 0 Å². The topological polar surface area (TPSA) is 42.0 Å². The van der Waals surface area contributed by atoms with Crippen LogP contribution in [0.3, 0.4) is 0 Å². The largest absolute Gasteiger partial charge is 0.298 e. The molecular weight excluding hydrogens is 196 g/mol. The van der Waals surface area contributed by atoms with E-state index >= 15 is 0 Å². The molecular formula is C10H14N2OS. The van der Waals surface area contributed by atoms with Gasteiger partial charge in [0, 0.05) is 10.8 Å². The van der Waals surface area contributed by atoms with Crippen LogP contribution in [0.4, 0.5) is 5.13 Å². The summed E-state index contributed by atoms with van der Waals surface area (Å²) in [5, 5.41) is 5.22. The number of thiazole rings is 1. The number of anilines is 1. The Morgan fingerprint density at radius 1 is 1.64 bits per heavy atom. The molecule has 1 aromatic rings. The zero-order chi connectivity index (χ0) is 10.8. The van der Waals surface area contributed by atoms with E-state index in [9.17, 15) is 4.79 Å². The molecule has 0 fully saturated rings. The van der Waals surface area contributed by atoms with Crippen LogP contribution in [0.15, 0.2) is 18.0 Å². The monoisotopic (exact) mass is 210 g/mol. The second-order valence-corrected chi connectivity index (χ2v) is 4.84. The first kappa shape index (κ1) is 10.9. The third-order valence-electron chi connectivity index (χ3n) is 1.69. The van der Waals surface area contributed by atoms with Gasteiger partial charge in [-0.2, -0.15) is 0 Å². The highest BCUT2D eigenvalue weighted by atomic mass is 32.1. The van der Waals surface area contributed by atoms with Crippen molar-refractivity contribution in [2.75, 3.05) is 5.32 Å². The van der Waals surface area contributed by atoms with E-state index in [2.05, 4.69) is 37.7 Å². The minimum atomic E-state index is -0.222. The van der Waals surface area contributed by atoms with E-state index in [4.69, 9.17) is 0 Å². The summed E-state index contributed by atoms with van der Waals surface area (Å²) in [6.45, 7) is 9.63. The van der Waals surface area contributed by atoms with E-state index in [1.54, 1.807) is 0 Å². The number of hydrogen-bond donors (Lipinski definition) is 1. The summed E-state index contributed by atoms with van der Waals surface area (Å²) in [7, 11) is 0. The molecule has 0 saturated heterocycles. The minimum absolute atomic E-state index is 0.0215. The smallest absolute Gasteiger partial charge is 0.249 e. The predicted molar refractivity (Wildman–Crippen MR) is 59.6 cm³/mol. The molecule has 0 unspecified atom stereocenters. The molecule has 14 heavy (non-hydrogen) atoms. The Balaban J connectivity index is 2.78. The van der Waals surface area contributed by atoms with Crippen molar-refractivity contribution in [1.29, 1.82) is 0 Å². The normalized spacial score (nSPS) is 11.1. The van der Waals surface area contributed by atoms with Crippen LogP contribution in [0.5, 0.6) is 0 Å². The SMILES string of the molecule is C=CC(=O)Nc1nc(C(C)(C)C)cs1. The van der Waals surface area contributed by atoms with Gasteiger partial charge in [-0.1, -0.05) is 27.4 Å². The van der Waals surface area contributed by atoms with Crippen molar-refractivity contribution in [3.8, 4) is 0 Å². The molecule has 4 heteroatoms. The van der Waals surface area contributed by atoms with Crippen LogP contribution in [0.2, 0.25) is 0 Å². The van der Waals surface area contributed by atoms with Crippen LogP contribution >= 0.6 is 11.3 Å². The molecule has 0 spiro atoms. The van der Waals surface area contributed by atoms with Gasteiger partial charge in [0.2, 0.25) is 5.91 Å². The molecule has 0 aliphatic heterocycles. The first-order valence-electron chi connectivity index (χ1n) is 4.33. The standard InChI is InChI=1S/C10H14N2OS/c1-5-8(13)12-9-11-7(6-14-9)10(2,3)4/h5-6H,1H2,2-4H3,(H,11,12,13). The molecule has 1 amide bonds. The van der Waals surface area contributed by atoms with Crippen LogP contribution in [-0.4, -0.2) is 10.9 Å². The molecule has 1 heterocycles. The van der Waals surface area contributed by atoms with Gasteiger partial charge in [-0.3, -0.25) is 10.1 Å². The molecule has 0 bridgehead atoms. The van der Waals surface area contributed by atoms with Gasteiger partial charge >= 0.3 is 0 Å². The molecule has 1 N–H and O–H groups in total. The minimum Gasteiger partial charge on any atom is -0.298 e. The number of carbonyl (C=O) groups excluding carboxylic acids is 1. The Labute approximate surface area is 87.9 Å². The third kappa shape index (κ3) is 2.67. The predicted octanol–water partition coefficient (Wildman–Crippen LogP) is 2.57. The maximum absolute atomic E-state index is 11.0. The fourth-order valence-corrected chi connectivity index (χ4v) is 1.77. The zero-order valence-electron chi connectivity index (χ0n) is 8.63. The van der Waals surface area contributed by atoms with Crippen molar-refractivity contribution in [3.05, 3.63) is 23.7 Å².